The fraction of sp³-hybridized carbons (Fsp3) is 0.571. The topological polar surface area (TPSA) is 37.4 Å². The predicted molar refractivity (Wildman–Crippen MR) is 77.9 cm³/mol. The van der Waals surface area contributed by atoms with Gasteiger partial charge in [-0.15, -0.1) is 11.3 Å². The molecule has 1 atom stereocenters. The lowest BCUT2D eigenvalue weighted by atomic mass is 10.00. The van der Waals surface area contributed by atoms with E-state index in [-0.39, 0.29) is 18.1 Å². The van der Waals surface area contributed by atoms with Crippen LogP contribution in [0.25, 0.3) is 0 Å². The molecular weight excluding hydrogens is 282 g/mol. The number of amides is 1. The van der Waals surface area contributed by atoms with Crippen LogP contribution in [0.4, 0.5) is 0 Å². The van der Waals surface area contributed by atoms with Crippen molar-refractivity contribution < 1.29 is 9.59 Å². The molecule has 1 amide bonds. The number of halogens is 1. The number of rotatable bonds is 4. The number of piperidine rings is 1. The van der Waals surface area contributed by atoms with Gasteiger partial charge in [-0.3, -0.25) is 9.59 Å². The van der Waals surface area contributed by atoms with E-state index in [1.165, 1.54) is 17.8 Å². The maximum atomic E-state index is 12.0. The molecule has 1 unspecified atom stereocenters. The second-order valence-electron chi connectivity index (χ2n) is 5.11. The average Bonchev–Trinajstić information content (AvgIpc) is 2.82. The monoisotopic (exact) mass is 299 g/mol. The molecule has 2 rings (SSSR count). The Morgan fingerprint density at radius 2 is 2.21 bits per heavy atom. The Bertz CT molecular complexity index is 472. The molecule has 2 heterocycles. The van der Waals surface area contributed by atoms with Crippen LogP contribution in [0.15, 0.2) is 12.1 Å². The number of thiophene rings is 1. The van der Waals surface area contributed by atoms with Gasteiger partial charge in [0.1, 0.15) is 0 Å². The summed E-state index contributed by atoms with van der Waals surface area (Å²) in [6.07, 6.45) is 2.85. The second kappa shape index (κ2) is 6.53. The summed E-state index contributed by atoms with van der Waals surface area (Å²) in [7, 11) is 0. The molecule has 104 valence electrons. The van der Waals surface area contributed by atoms with Gasteiger partial charge in [0.15, 0.2) is 5.78 Å². The van der Waals surface area contributed by atoms with E-state index >= 15 is 0 Å². The molecule has 1 aromatic heterocycles. The van der Waals surface area contributed by atoms with Gasteiger partial charge in [-0.05, 0) is 30.9 Å². The van der Waals surface area contributed by atoms with Crippen molar-refractivity contribution in [2.75, 3.05) is 13.1 Å². The van der Waals surface area contributed by atoms with Crippen LogP contribution in [0.1, 0.15) is 42.3 Å². The SMILES string of the molecule is CC1CCCN(C(=O)CCC(=O)c2ccc(Cl)s2)C1. The number of carbonyl (C=O) groups is 2. The third-order valence-corrected chi connectivity index (χ3v) is 4.70. The summed E-state index contributed by atoms with van der Waals surface area (Å²) in [5, 5.41) is 0. The van der Waals surface area contributed by atoms with Crippen molar-refractivity contribution in [2.45, 2.75) is 32.6 Å². The Kier molecular flexibility index (Phi) is 4.99. The van der Waals surface area contributed by atoms with Crippen LogP contribution < -0.4 is 0 Å². The molecule has 0 saturated carbocycles. The van der Waals surface area contributed by atoms with Crippen molar-refractivity contribution >= 4 is 34.6 Å². The first-order valence-electron chi connectivity index (χ1n) is 6.62. The van der Waals surface area contributed by atoms with Crippen LogP contribution in [0.3, 0.4) is 0 Å². The lowest BCUT2D eigenvalue weighted by Crippen LogP contribution is -2.39. The predicted octanol–water partition coefficient (Wildman–Crippen LogP) is 3.62. The molecule has 0 aliphatic carbocycles. The van der Waals surface area contributed by atoms with E-state index in [0.717, 1.165) is 19.5 Å². The standard InChI is InChI=1S/C14H18ClNO2S/c1-10-3-2-8-16(9-10)14(18)7-4-11(17)12-5-6-13(15)19-12/h5-6,10H,2-4,7-9H2,1H3. The van der Waals surface area contributed by atoms with E-state index < -0.39 is 0 Å². The Balaban J connectivity index is 1.81. The summed E-state index contributed by atoms with van der Waals surface area (Å²) in [6.45, 7) is 3.83. The number of hydrogen-bond donors (Lipinski definition) is 0. The molecule has 3 nitrogen and oxygen atoms in total. The van der Waals surface area contributed by atoms with Gasteiger partial charge in [-0.2, -0.15) is 0 Å². The van der Waals surface area contributed by atoms with E-state index in [9.17, 15) is 9.59 Å². The lowest BCUT2D eigenvalue weighted by molar-refractivity contribution is -0.132. The average molecular weight is 300 g/mol. The zero-order valence-electron chi connectivity index (χ0n) is 11.0. The van der Waals surface area contributed by atoms with Gasteiger partial charge in [-0.1, -0.05) is 18.5 Å². The highest BCUT2D eigenvalue weighted by molar-refractivity contribution is 7.18. The van der Waals surface area contributed by atoms with E-state index in [1.54, 1.807) is 12.1 Å². The molecule has 1 saturated heterocycles. The van der Waals surface area contributed by atoms with Crippen LogP contribution in [0, 0.1) is 5.92 Å². The molecule has 1 aliphatic heterocycles. The van der Waals surface area contributed by atoms with Crippen molar-refractivity contribution in [2.24, 2.45) is 5.92 Å². The summed E-state index contributed by atoms with van der Waals surface area (Å²) in [5.41, 5.74) is 0. The maximum absolute atomic E-state index is 12.0. The van der Waals surface area contributed by atoms with E-state index in [1.807, 2.05) is 4.90 Å². The molecule has 0 spiro atoms. The van der Waals surface area contributed by atoms with Crippen LogP contribution in [0.5, 0.6) is 0 Å². The Labute approximate surface area is 122 Å². The molecule has 0 N–H and O–H groups in total. The van der Waals surface area contributed by atoms with Crippen LogP contribution >= 0.6 is 22.9 Å². The second-order valence-corrected chi connectivity index (χ2v) is 6.83. The van der Waals surface area contributed by atoms with Crippen LogP contribution in [0.2, 0.25) is 4.34 Å². The first-order valence-corrected chi connectivity index (χ1v) is 7.82. The summed E-state index contributed by atoms with van der Waals surface area (Å²) in [5.74, 6) is 0.683. The van der Waals surface area contributed by atoms with Gasteiger partial charge in [0.05, 0.1) is 9.21 Å². The number of carbonyl (C=O) groups excluding carboxylic acids is 2. The van der Waals surface area contributed by atoms with E-state index in [0.29, 0.717) is 21.6 Å². The van der Waals surface area contributed by atoms with Crippen LogP contribution in [-0.2, 0) is 4.79 Å². The van der Waals surface area contributed by atoms with Crippen molar-refractivity contribution in [1.29, 1.82) is 0 Å². The summed E-state index contributed by atoms with van der Waals surface area (Å²) in [6, 6.07) is 3.44. The Morgan fingerprint density at radius 3 is 2.84 bits per heavy atom. The quantitative estimate of drug-likeness (QED) is 0.796. The summed E-state index contributed by atoms with van der Waals surface area (Å²) in [4.78, 5) is 26.5. The molecular formula is C14H18ClNO2S. The fourth-order valence-electron chi connectivity index (χ4n) is 2.38. The van der Waals surface area contributed by atoms with Gasteiger partial charge in [-0.25, -0.2) is 0 Å². The van der Waals surface area contributed by atoms with Crippen LogP contribution in [-0.4, -0.2) is 29.7 Å². The minimum Gasteiger partial charge on any atom is -0.342 e. The van der Waals surface area contributed by atoms with Crippen molar-refractivity contribution in [3.05, 3.63) is 21.3 Å². The lowest BCUT2D eigenvalue weighted by Gasteiger charge is -2.30. The fourth-order valence-corrected chi connectivity index (χ4v) is 3.39. The van der Waals surface area contributed by atoms with E-state index in [2.05, 4.69) is 6.92 Å². The maximum Gasteiger partial charge on any atom is 0.223 e. The first-order chi connectivity index (χ1) is 9.06. The molecule has 0 bridgehead atoms. The molecule has 1 aromatic rings. The number of nitrogens with zero attached hydrogens (tertiary/aromatic N) is 1. The normalized spacial score (nSPS) is 19.5. The highest BCUT2D eigenvalue weighted by Crippen LogP contribution is 2.23. The summed E-state index contributed by atoms with van der Waals surface area (Å²) >= 11 is 7.07. The van der Waals surface area contributed by atoms with Crippen molar-refractivity contribution in [3.63, 3.8) is 0 Å². The van der Waals surface area contributed by atoms with Gasteiger partial charge in [0.2, 0.25) is 5.91 Å². The Morgan fingerprint density at radius 1 is 1.42 bits per heavy atom. The number of ketones is 1. The number of hydrogen-bond acceptors (Lipinski definition) is 3. The zero-order chi connectivity index (χ0) is 13.8. The molecule has 0 aromatic carbocycles. The highest BCUT2D eigenvalue weighted by Gasteiger charge is 2.21. The number of likely N-dealkylation sites (tertiary alicyclic amines) is 1. The zero-order valence-corrected chi connectivity index (χ0v) is 12.6. The molecule has 19 heavy (non-hydrogen) atoms. The molecule has 1 aliphatic rings. The molecule has 1 fully saturated rings. The van der Waals surface area contributed by atoms with Crippen molar-refractivity contribution in [1.82, 2.24) is 4.90 Å². The molecule has 5 heteroatoms. The van der Waals surface area contributed by atoms with Gasteiger partial charge in [0, 0.05) is 25.9 Å². The first kappa shape index (κ1) is 14.5. The number of Topliss-reactive ketones (excluding diaryl/α,β-unsaturated/α-hetero) is 1. The molecule has 0 radical (unpaired) electrons. The highest BCUT2D eigenvalue weighted by atomic mass is 35.5. The van der Waals surface area contributed by atoms with Gasteiger partial charge in [0.25, 0.3) is 0 Å². The third-order valence-electron chi connectivity index (χ3n) is 3.42. The smallest absolute Gasteiger partial charge is 0.223 e. The van der Waals surface area contributed by atoms with Crippen molar-refractivity contribution in [3.8, 4) is 0 Å². The minimum absolute atomic E-state index is 0.00954. The van der Waals surface area contributed by atoms with E-state index in [4.69, 9.17) is 11.6 Å². The summed E-state index contributed by atoms with van der Waals surface area (Å²) < 4.78 is 0.611. The Hall–Kier alpha value is -0.870. The van der Waals surface area contributed by atoms with Gasteiger partial charge < -0.3 is 4.90 Å². The largest absolute Gasteiger partial charge is 0.342 e. The third kappa shape index (κ3) is 4.05. The minimum atomic E-state index is 0.00954. The van der Waals surface area contributed by atoms with Gasteiger partial charge >= 0.3 is 0 Å².